The molecule has 2 aromatic heterocycles. The summed E-state index contributed by atoms with van der Waals surface area (Å²) >= 11 is 0. The van der Waals surface area contributed by atoms with Crippen molar-refractivity contribution in [1.82, 2.24) is 14.5 Å². The van der Waals surface area contributed by atoms with Gasteiger partial charge in [-0.05, 0) is 42.8 Å². The Labute approximate surface area is 199 Å². The number of hydrogen-bond acceptors (Lipinski definition) is 5. The Morgan fingerprint density at radius 3 is 2.65 bits per heavy atom. The van der Waals surface area contributed by atoms with Gasteiger partial charge in [0, 0.05) is 56.8 Å². The van der Waals surface area contributed by atoms with Crippen molar-refractivity contribution >= 4 is 33.5 Å². The lowest BCUT2D eigenvalue weighted by Gasteiger charge is -2.35. The van der Waals surface area contributed by atoms with Crippen LogP contribution in [0.5, 0.6) is 5.75 Å². The zero-order chi connectivity index (χ0) is 23.5. The summed E-state index contributed by atoms with van der Waals surface area (Å²) in [6, 6.07) is 18.3. The molecule has 1 saturated heterocycles. The predicted octanol–water partition coefficient (Wildman–Crippen LogP) is 3.87. The number of piperazine rings is 1. The second-order valence-corrected chi connectivity index (χ2v) is 8.66. The maximum absolute atomic E-state index is 12.9. The molecule has 0 radical (unpaired) electrons. The number of aryl methyl sites for hydroxylation is 1. The lowest BCUT2D eigenvalue weighted by atomic mass is 10.1. The van der Waals surface area contributed by atoms with Crippen molar-refractivity contribution in [3.8, 4) is 5.75 Å². The fourth-order valence-corrected chi connectivity index (χ4v) is 4.62. The molecule has 2 aromatic carbocycles. The molecule has 3 heterocycles. The maximum Gasteiger partial charge on any atom is 0.260 e. The fraction of sp³-hybridized carbons (Fsp3) is 0.333. The van der Waals surface area contributed by atoms with Gasteiger partial charge in [-0.25, -0.2) is 4.98 Å². The lowest BCUT2D eigenvalue weighted by Crippen LogP contribution is -2.50. The number of rotatable bonds is 7. The molecule has 0 atom stereocenters. The average Bonchev–Trinajstić information content (AvgIpc) is 3.29. The molecule has 0 spiro atoms. The Morgan fingerprint density at radius 1 is 1.00 bits per heavy atom. The van der Waals surface area contributed by atoms with Crippen LogP contribution in [0.3, 0.4) is 0 Å². The van der Waals surface area contributed by atoms with Gasteiger partial charge in [0.05, 0.1) is 17.6 Å². The number of hydrogen-bond donors (Lipinski definition) is 0. The monoisotopic (exact) mass is 458 g/mol. The normalized spacial score (nSPS) is 14.2. The zero-order valence-electron chi connectivity index (χ0n) is 19.7. The third-order valence-corrected chi connectivity index (χ3v) is 6.53. The van der Waals surface area contributed by atoms with Crippen LogP contribution in [0.4, 0.5) is 5.82 Å². The number of pyridine rings is 1. The number of carbonyl (C=O) groups excluding carboxylic acids is 1. The molecule has 7 nitrogen and oxygen atoms in total. The molecule has 1 aliphatic rings. The highest BCUT2D eigenvalue weighted by atomic mass is 16.5. The Kier molecular flexibility index (Phi) is 6.36. The number of amides is 1. The second-order valence-electron chi connectivity index (χ2n) is 8.66. The van der Waals surface area contributed by atoms with Crippen LogP contribution in [0.2, 0.25) is 0 Å². The standard InChI is InChI=1S/C27H30N4O3/c1-20-18-26(28-23-7-4-3-6-21(20)23)30-12-14-31(15-13-30)27(32)19-34-25-9-5-8-24-22(25)10-11-29(24)16-17-33-2/h3-11,18H,12-17,19H2,1-2H3. The van der Waals surface area contributed by atoms with Gasteiger partial charge in [0.2, 0.25) is 0 Å². The molecule has 5 rings (SSSR count). The Balaban J connectivity index is 1.20. The highest BCUT2D eigenvalue weighted by molar-refractivity contribution is 5.87. The van der Waals surface area contributed by atoms with Crippen molar-refractivity contribution in [1.29, 1.82) is 0 Å². The van der Waals surface area contributed by atoms with Gasteiger partial charge in [-0.1, -0.05) is 24.3 Å². The van der Waals surface area contributed by atoms with Crippen LogP contribution in [0.25, 0.3) is 21.8 Å². The van der Waals surface area contributed by atoms with E-state index in [1.54, 1.807) is 7.11 Å². The Hall–Kier alpha value is -3.58. The van der Waals surface area contributed by atoms with Crippen LogP contribution in [-0.4, -0.2) is 66.9 Å². The van der Waals surface area contributed by atoms with E-state index < -0.39 is 0 Å². The summed E-state index contributed by atoms with van der Waals surface area (Å²) < 4.78 is 13.3. The Bertz CT molecular complexity index is 1310. The number of methoxy groups -OCH3 is 1. The molecule has 34 heavy (non-hydrogen) atoms. The summed E-state index contributed by atoms with van der Waals surface area (Å²) in [5, 5.41) is 2.19. The number of nitrogens with zero attached hydrogens (tertiary/aromatic N) is 4. The third kappa shape index (κ3) is 4.43. The summed E-state index contributed by atoms with van der Waals surface area (Å²) in [6.07, 6.45) is 2.03. The van der Waals surface area contributed by atoms with Crippen molar-refractivity contribution in [2.75, 3.05) is 51.4 Å². The predicted molar refractivity (Wildman–Crippen MR) is 135 cm³/mol. The molecule has 0 N–H and O–H groups in total. The molecular formula is C27H30N4O3. The number of benzene rings is 2. The van der Waals surface area contributed by atoms with Gasteiger partial charge in [-0.3, -0.25) is 4.79 Å². The molecule has 1 fully saturated rings. The minimum Gasteiger partial charge on any atom is -0.483 e. The first kappa shape index (κ1) is 22.2. The molecule has 1 amide bonds. The lowest BCUT2D eigenvalue weighted by molar-refractivity contribution is -0.133. The smallest absolute Gasteiger partial charge is 0.260 e. The zero-order valence-corrected chi connectivity index (χ0v) is 19.7. The molecule has 0 unspecified atom stereocenters. The first-order chi connectivity index (χ1) is 16.6. The van der Waals surface area contributed by atoms with Crippen LogP contribution in [0, 0.1) is 6.92 Å². The van der Waals surface area contributed by atoms with E-state index in [0.717, 1.165) is 47.6 Å². The number of anilines is 1. The molecule has 4 aromatic rings. The molecular weight excluding hydrogens is 428 g/mol. The highest BCUT2D eigenvalue weighted by Crippen LogP contribution is 2.27. The summed E-state index contributed by atoms with van der Waals surface area (Å²) in [4.78, 5) is 21.9. The van der Waals surface area contributed by atoms with Crippen molar-refractivity contribution < 1.29 is 14.3 Å². The van der Waals surface area contributed by atoms with Gasteiger partial charge >= 0.3 is 0 Å². The van der Waals surface area contributed by atoms with E-state index >= 15 is 0 Å². The highest BCUT2D eigenvalue weighted by Gasteiger charge is 2.23. The first-order valence-corrected chi connectivity index (χ1v) is 11.7. The minimum atomic E-state index is 0.0121. The van der Waals surface area contributed by atoms with Crippen LogP contribution in [0.1, 0.15) is 5.56 Å². The second kappa shape index (κ2) is 9.73. The van der Waals surface area contributed by atoms with E-state index in [1.165, 1.54) is 10.9 Å². The fourth-order valence-electron chi connectivity index (χ4n) is 4.62. The van der Waals surface area contributed by atoms with E-state index in [9.17, 15) is 4.79 Å². The number of aromatic nitrogens is 2. The van der Waals surface area contributed by atoms with E-state index in [4.69, 9.17) is 14.5 Å². The van der Waals surface area contributed by atoms with E-state index in [0.29, 0.717) is 19.7 Å². The maximum atomic E-state index is 12.9. The van der Waals surface area contributed by atoms with E-state index in [-0.39, 0.29) is 12.5 Å². The Morgan fingerprint density at radius 2 is 1.82 bits per heavy atom. The van der Waals surface area contributed by atoms with Gasteiger partial charge < -0.3 is 23.8 Å². The molecule has 176 valence electrons. The molecule has 0 bridgehead atoms. The van der Waals surface area contributed by atoms with Gasteiger partial charge in [0.15, 0.2) is 6.61 Å². The molecule has 1 aliphatic heterocycles. The molecule has 0 saturated carbocycles. The third-order valence-electron chi connectivity index (χ3n) is 6.53. The van der Waals surface area contributed by atoms with E-state index in [1.807, 2.05) is 41.4 Å². The van der Waals surface area contributed by atoms with Crippen molar-refractivity contribution in [3.63, 3.8) is 0 Å². The quantitative estimate of drug-likeness (QED) is 0.421. The number of ether oxygens (including phenoxy) is 2. The van der Waals surface area contributed by atoms with Crippen molar-refractivity contribution in [3.05, 3.63) is 66.4 Å². The summed E-state index contributed by atoms with van der Waals surface area (Å²) in [5.74, 6) is 1.72. The summed E-state index contributed by atoms with van der Waals surface area (Å²) in [5.41, 5.74) is 3.31. The largest absolute Gasteiger partial charge is 0.483 e. The SMILES string of the molecule is COCCn1ccc2c(OCC(=O)N3CCN(c4cc(C)c5ccccc5n4)CC3)cccc21. The van der Waals surface area contributed by atoms with Crippen LogP contribution < -0.4 is 9.64 Å². The molecule has 7 heteroatoms. The summed E-state index contributed by atoms with van der Waals surface area (Å²) in [6.45, 7) is 6.42. The van der Waals surface area contributed by atoms with Gasteiger partial charge in [-0.2, -0.15) is 0 Å². The summed E-state index contributed by atoms with van der Waals surface area (Å²) in [7, 11) is 1.70. The van der Waals surface area contributed by atoms with Gasteiger partial charge in [0.25, 0.3) is 5.91 Å². The van der Waals surface area contributed by atoms with Crippen LogP contribution >= 0.6 is 0 Å². The van der Waals surface area contributed by atoms with Crippen molar-refractivity contribution in [2.45, 2.75) is 13.5 Å². The van der Waals surface area contributed by atoms with Crippen molar-refractivity contribution in [2.24, 2.45) is 0 Å². The number of para-hydroxylation sites is 1. The first-order valence-electron chi connectivity index (χ1n) is 11.7. The molecule has 0 aliphatic carbocycles. The minimum absolute atomic E-state index is 0.0121. The average molecular weight is 459 g/mol. The topological polar surface area (TPSA) is 59.8 Å². The number of carbonyl (C=O) groups is 1. The van der Waals surface area contributed by atoms with Crippen LogP contribution in [0.15, 0.2) is 60.8 Å². The van der Waals surface area contributed by atoms with E-state index in [2.05, 4.69) is 40.7 Å². The van der Waals surface area contributed by atoms with Gasteiger partial charge in [0.1, 0.15) is 11.6 Å². The number of fused-ring (bicyclic) bond motifs is 2. The van der Waals surface area contributed by atoms with Gasteiger partial charge in [-0.15, -0.1) is 0 Å². The van der Waals surface area contributed by atoms with Crippen LogP contribution in [-0.2, 0) is 16.1 Å².